The third kappa shape index (κ3) is 6.12. The fraction of sp³-hybridized carbons (Fsp3) is 0.364. The quantitative estimate of drug-likeness (QED) is 0.572. The molecule has 0 aliphatic heterocycles. The Hall–Kier alpha value is -2.46. The highest BCUT2D eigenvalue weighted by Crippen LogP contribution is 2.28. The number of ether oxygens (including phenoxy) is 4. The first-order valence-corrected chi connectivity index (χ1v) is 8.85. The first-order valence-electron chi connectivity index (χ1n) is 8.85. The number of aryl methyl sites for hydroxylation is 2. The average molecular weight is 356 g/mol. The first kappa shape index (κ1) is 19.9. The van der Waals surface area contributed by atoms with E-state index in [9.17, 15) is 0 Å². The molecule has 4 nitrogen and oxygen atoms in total. The fourth-order valence-corrected chi connectivity index (χ4v) is 2.49. The Balaban J connectivity index is 1.68. The van der Waals surface area contributed by atoms with Gasteiger partial charge >= 0.3 is 0 Å². The average Bonchev–Trinajstić information content (AvgIpc) is 2.64. The highest BCUT2D eigenvalue weighted by molar-refractivity contribution is 5.55. The normalized spacial score (nSPS) is 10.9. The van der Waals surface area contributed by atoms with E-state index in [1.165, 1.54) is 5.56 Å². The summed E-state index contributed by atoms with van der Waals surface area (Å²) < 4.78 is 22.5. The van der Waals surface area contributed by atoms with Crippen LogP contribution in [-0.2, 0) is 4.74 Å². The van der Waals surface area contributed by atoms with Gasteiger partial charge in [-0.2, -0.15) is 0 Å². The minimum Gasteiger partial charge on any atom is -0.493 e. The van der Waals surface area contributed by atoms with Crippen LogP contribution in [-0.4, -0.2) is 33.5 Å². The van der Waals surface area contributed by atoms with Gasteiger partial charge in [0.25, 0.3) is 0 Å². The van der Waals surface area contributed by atoms with E-state index in [1.807, 2.05) is 50.3 Å². The molecule has 0 atom stereocenters. The highest BCUT2D eigenvalue weighted by atomic mass is 16.6. The van der Waals surface area contributed by atoms with Crippen molar-refractivity contribution >= 4 is 6.08 Å². The maximum atomic E-state index is 5.76. The molecule has 0 saturated heterocycles. The standard InChI is InChI=1S/C22H28O4/c1-5-6-19-9-10-20(22(16-19)23-4)25-13-11-24-12-14-26-21-15-17(2)7-8-18(21)3/h5-10,15-16H,11-14H2,1-4H3. The van der Waals surface area contributed by atoms with Gasteiger partial charge in [-0.25, -0.2) is 0 Å². The minimum absolute atomic E-state index is 0.461. The zero-order chi connectivity index (χ0) is 18.8. The highest BCUT2D eigenvalue weighted by Gasteiger charge is 2.05. The van der Waals surface area contributed by atoms with Gasteiger partial charge in [-0.05, 0) is 55.7 Å². The lowest BCUT2D eigenvalue weighted by Crippen LogP contribution is -2.12. The van der Waals surface area contributed by atoms with Gasteiger partial charge in [-0.1, -0.05) is 30.4 Å². The lowest BCUT2D eigenvalue weighted by molar-refractivity contribution is 0.0755. The van der Waals surface area contributed by atoms with Crippen molar-refractivity contribution in [2.24, 2.45) is 0 Å². The lowest BCUT2D eigenvalue weighted by atomic mass is 10.1. The molecule has 0 heterocycles. The molecule has 2 aromatic rings. The van der Waals surface area contributed by atoms with Crippen molar-refractivity contribution in [2.75, 3.05) is 33.5 Å². The molecule has 0 fully saturated rings. The van der Waals surface area contributed by atoms with E-state index in [2.05, 4.69) is 19.1 Å². The van der Waals surface area contributed by atoms with Crippen molar-refractivity contribution in [1.29, 1.82) is 0 Å². The molecule has 0 saturated carbocycles. The second-order valence-electron chi connectivity index (χ2n) is 5.99. The van der Waals surface area contributed by atoms with Crippen LogP contribution in [0.4, 0.5) is 0 Å². The maximum Gasteiger partial charge on any atom is 0.161 e. The van der Waals surface area contributed by atoms with E-state index in [0.717, 1.165) is 28.4 Å². The first-order chi connectivity index (χ1) is 12.6. The number of benzene rings is 2. The molecule has 0 N–H and O–H groups in total. The Kier molecular flexibility index (Phi) is 8.03. The van der Waals surface area contributed by atoms with E-state index in [-0.39, 0.29) is 0 Å². The topological polar surface area (TPSA) is 36.9 Å². The summed E-state index contributed by atoms with van der Waals surface area (Å²) in [5.74, 6) is 2.35. The number of methoxy groups -OCH3 is 1. The van der Waals surface area contributed by atoms with Crippen molar-refractivity contribution in [2.45, 2.75) is 20.8 Å². The van der Waals surface area contributed by atoms with Crippen molar-refractivity contribution in [1.82, 2.24) is 0 Å². The molecular weight excluding hydrogens is 328 g/mol. The Bertz CT molecular complexity index is 722. The Labute approximate surface area is 156 Å². The largest absolute Gasteiger partial charge is 0.493 e. The van der Waals surface area contributed by atoms with Gasteiger partial charge in [0.05, 0.1) is 20.3 Å². The third-order valence-electron chi connectivity index (χ3n) is 3.86. The smallest absolute Gasteiger partial charge is 0.161 e. The van der Waals surface area contributed by atoms with Crippen LogP contribution in [0.1, 0.15) is 23.6 Å². The van der Waals surface area contributed by atoms with Gasteiger partial charge < -0.3 is 18.9 Å². The molecule has 0 aliphatic rings. The molecule has 2 aromatic carbocycles. The van der Waals surface area contributed by atoms with Crippen LogP contribution in [0.15, 0.2) is 42.5 Å². The predicted molar refractivity (Wildman–Crippen MR) is 105 cm³/mol. The summed E-state index contributed by atoms with van der Waals surface area (Å²) in [5, 5.41) is 0. The van der Waals surface area contributed by atoms with Crippen LogP contribution in [0.3, 0.4) is 0 Å². The summed E-state index contributed by atoms with van der Waals surface area (Å²) in [6.45, 7) is 8.08. The summed E-state index contributed by atoms with van der Waals surface area (Å²) in [5.41, 5.74) is 3.40. The molecule has 0 aromatic heterocycles. The van der Waals surface area contributed by atoms with Crippen molar-refractivity contribution < 1.29 is 18.9 Å². The molecule has 0 bridgehead atoms. The summed E-state index contributed by atoms with van der Waals surface area (Å²) in [7, 11) is 1.64. The molecule has 4 heteroatoms. The van der Waals surface area contributed by atoms with Crippen molar-refractivity contribution in [3.63, 3.8) is 0 Å². The van der Waals surface area contributed by atoms with Gasteiger partial charge in [0.1, 0.15) is 19.0 Å². The summed E-state index contributed by atoms with van der Waals surface area (Å²) in [6, 6.07) is 12.1. The molecule has 0 unspecified atom stereocenters. The van der Waals surface area contributed by atoms with E-state index >= 15 is 0 Å². The van der Waals surface area contributed by atoms with Crippen LogP contribution in [0, 0.1) is 13.8 Å². The Morgan fingerprint density at radius 2 is 1.54 bits per heavy atom. The van der Waals surface area contributed by atoms with Crippen LogP contribution in [0.25, 0.3) is 6.08 Å². The number of rotatable bonds is 10. The minimum atomic E-state index is 0.461. The van der Waals surface area contributed by atoms with E-state index in [0.29, 0.717) is 26.4 Å². The lowest BCUT2D eigenvalue weighted by Gasteiger charge is -2.12. The number of hydrogen-bond acceptors (Lipinski definition) is 4. The van der Waals surface area contributed by atoms with Gasteiger partial charge in [-0.3, -0.25) is 0 Å². The molecule has 2 rings (SSSR count). The number of hydrogen-bond donors (Lipinski definition) is 0. The van der Waals surface area contributed by atoms with E-state index in [4.69, 9.17) is 18.9 Å². The zero-order valence-corrected chi connectivity index (χ0v) is 16.1. The van der Waals surface area contributed by atoms with Crippen molar-refractivity contribution in [3.05, 3.63) is 59.2 Å². The zero-order valence-electron chi connectivity index (χ0n) is 16.1. The van der Waals surface area contributed by atoms with Crippen LogP contribution in [0.2, 0.25) is 0 Å². The second-order valence-corrected chi connectivity index (χ2v) is 5.99. The van der Waals surface area contributed by atoms with E-state index < -0.39 is 0 Å². The molecule has 0 aliphatic carbocycles. The summed E-state index contributed by atoms with van der Waals surface area (Å²) in [6.07, 6.45) is 4.01. The molecular formula is C22H28O4. The van der Waals surface area contributed by atoms with Gasteiger partial charge in [0.2, 0.25) is 0 Å². The molecule has 0 amide bonds. The van der Waals surface area contributed by atoms with Gasteiger partial charge in [0.15, 0.2) is 11.5 Å². The van der Waals surface area contributed by atoms with Crippen molar-refractivity contribution in [3.8, 4) is 17.2 Å². The van der Waals surface area contributed by atoms with Crippen LogP contribution in [0.5, 0.6) is 17.2 Å². The van der Waals surface area contributed by atoms with Gasteiger partial charge in [0, 0.05) is 0 Å². The molecule has 0 spiro atoms. The second kappa shape index (κ2) is 10.5. The molecule has 140 valence electrons. The fourth-order valence-electron chi connectivity index (χ4n) is 2.49. The van der Waals surface area contributed by atoms with Gasteiger partial charge in [-0.15, -0.1) is 0 Å². The summed E-state index contributed by atoms with van der Waals surface area (Å²) >= 11 is 0. The van der Waals surface area contributed by atoms with E-state index in [1.54, 1.807) is 7.11 Å². The van der Waals surface area contributed by atoms with Crippen LogP contribution < -0.4 is 14.2 Å². The molecule has 26 heavy (non-hydrogen) atoms. The third-order valence-corrected chi connectivity index (χ3v) is 3.86. The Morgan fingerprint density at radius 1 is 0.808 bits per heavy atom. The predicted octanol–water partition coefficient (Wildman–Crippen LogP) is 4.82. The van der Waals surface area contributed by atoms with Crippen LogP contribution >= 0.6 is 0 Å². The molecule has 0 radical (unpaired) electrons. The monoisotopic (exact) mass is 356 g/mol. The number of allylic oxidation sites excluding steroid dienone is 1. The maximum absolute atomic E-state index is 5.76. The SMILES string of the molecule is CC=Cc1ccc(OCCOCCOc2cc(C)ccc2C)c(OC)c1. The Morgan fingerprint density at radius 3 is 2.23 bits per heavy atom. The summed E-state index contributed by atoms with van der Waals surface area (Å²) in [4.78, 5) is 0.